The lowest BCUT2D eigenvalue weighted by Gasteiger charge is -2.20. The third kappa shape index (κ3) is 3.60. The van der Waals surface area contributed by atoms with Gasteiger partial charge in [0.25, 0.3) is 0 Å². The second kappa shape index (κ2) is 6.23. The first-order valence-electron chi connectivity index (χ1n) is 5.55. The van der Waals surface area contributed by atoms with Crippen LogP contribution in [0.15, 0.2) is 16.6 Å². The van der Waals surface area contributed by atoms with Crippen molar-refractivity contribution in [3.63, 3.8) is 0 Å². The molecular weight excluding hydrogens is 340 g/mol. The minimum atomic E-state index is -3.53. The van der Waals surface area contributed by atoms with Crippen LogP contribution in [0.2, 0.25) is 5.02 Å². The molecule has 0 unspecified atom stereocenters. The van der Waals surface area contributed by atoms with E-state index in [0.29, 0.717) is 28.3 Å². The highest BCUT2D eigenvalue weighted by Gasteiger charge is 2.19. The Bertz CT molecular complexity index is 530. The number of benzene rings is 1. The SMILES string of the molecule is CCN(CC)S(=O)(=O)Nc1cc(Cl)c(C)cc1Br. The van der Waals surface area contributed by atoms with Gasteiger partial charge in [-0.2, -0.15) is 12.7 Å². The predicted octanol–water partition coefficient (Wildman–Crippen LogP) is 3.41. The van der Waals surface area contributed by atoms with Crippen LogP contribution in [0.25, 0.3) is 0 Å². The number of aryl methyl sites for hydroxylation is 1. The van der Waals surface area contributed by atoms with Crippen LogP contribution in [0.3, 0.4) is 0 Å². The minimum Gasteiger partial charge on any atom is -0.270 e. The zero-order valence-electron chi connectivity index (χ0n) is 10.5. The van der Waals surface area contributed by atoms with E-state index in [1.165, 1.54) is 4.31 Å². The van der Waals surface area contributed by atoms with Crippen LogP contribution in [-0.2, 0) is 10.2 Å². The Balaban J connectivity index is 3.08. The van der Waals surface area contributed by atoms with Gasteiger partial charge in [0.1, 0.15) is 0 Å². The molecular formula is C11H16BrClN2O2S. The summed E-state index contributed by atoms with van der Waals surface area (Å²) < 4.78 is 28.7. The van der Waals surface area contributed by atoms with Crippen molar-refractivity contribution in [2.24, 2.45) is 0 Å². The topological polar surface area (TPSA) is 49.4 Å². The van der Waals surface area contributed by atoms with Gasteiger partial charge in [-0.05, 0) is 40.5 Å². The third-order valence-corrected chi connectivity index (χ3v) is 5.27. The van der Waals surface area contributed by atoms with Crippen LogP contribution in [0, 0.1) is 6.92 Å². The molecule has 4 nitrogen and oxygen atoms in total. The van der Waals surface area contributed by atoms with Crippen LogP contribution < -0.4 is 4.72 Å². The normalized spacial score (nSPS) is 11.9. The maximum Gasteiger partial charge on any atom is 0.301 e. The number of hydrogen-bond acceptors (Lipinski definition) is 2. The van der Waals surface area contributed by atoms with Crippen LogP contribution in [0.5, 0.6) is 0 Å². The molecule has 1 aromatic rings. The number of halogens is 2. The maximum atomic E-state index is 12.1. The van der Waals surface area contributed by atoms with Gasteiger partial charge in [-0.3, -0.25) is 4.72 Å². The van der Waals surface area contributed by atoms with Crippen LogP contribution in [0.4, 0.5) is 5.69 Å². The molecule has 0 fully saturated rings. The molecule has 102 valence electrons. The van der Waals surface area contributed by atoms with Gasteiger partial charge in [0.2, 0.25) is 0 Å². The fourth-order valence-corrected chi connectivity index (χ4v) is 3.60. The van der Waals surface area contributed by atoms with E-state index in [1.807, 2.05) is 6.92 Å². The van der Waals surface area contributed by atoms with E-state index in [0.717, 1.165) is 5.56 Å². The van der Waals surface area contributed by atoms with Gasteiger partial charge in [0.15, 0.2) is 0 Å². The minimum absolute atomic E-state index is 0.420. The Morgan fingerprint density at radius 2 is 1.89 bits per heavy atom. The predicted molar refractivity (Wildman–Crippen MR) is 79.4 cm³/mol. The largest absolute Gasteiger partial charge is 0.301 e. The van der Waals surface area contributed by atoms with E-state index in [1.54, 1.807) is 26.0 Å². The van der Waals surface area contributed by atoms with Crippen molar-refractivity contribution in [1.82, 2.24) is 4.31 Å². The van der Waals surface area contributed by atoms with Gasteiger partial charge in [-0.15, -0.1) is 0 Å². The Kier molecular flexibility index (Phi) is 5.46. The molecule has 1 N–H and O–H groups in total. The molecule has 0 saturated carbocycles. The number of nitrogens with one attached hydrogen (secondary N) is 1. The standard InChI is InChI=1S/C11H16BrClN2O2S/c1-4-15(5-2)18(16,17)14-11-7-10(13)8(3)6-9(11)12/h6-7,14H,4-5H2,1-3H3. The van der Waals surface area contributed by atoms with Crippen molar-refractivity contribution >= 4 is 43.4 Å². The highest BCUT2D eigenvalue weighted by molar-refractivity contribution is 9.10. The highest BCUT2D eigenvalue weighted by atomic mass is 79.9. The van der Waals surface area contributed by atoms with E-state index < -0.39 is 10.2 Å². The summed E-state index contributed by atoms with van der Waals surface area (Å²) >= 11 is 9.32. The number of hydrogen-bond donors (Lipinski definition) is 1. The molecule has 0 atom stereocenters. The van der Waals surface area contributed by atoms with Crippen molar-refractivity contribution in [2.75, 3.05) is 17.8 Å². The number of anilines is 1. The second-order valence-corrected chi connectivity index (χ2v) is 6.70. The molecule has 0 spiro atoms. The highest BCUT2D eigenvalue weighted by Crippen LogP contribution is 2.30. The lowest BCUT2D eigenvalue weighted by Crippen LogP contribution is -2.35. The summed E-state index contributed by atoms with van der Waals surface area (Å²) in [6.45, 7) is 6.28. The third-order valence-electron chi connectivity index (χ3n) is 2.53. The first-order valence-corrected chi connectivity index (χ1v) is 8.16. The summed E-state index contributed by atoms with van der Waals surface area (Å²) in [7, 11) is -3.53. The van der Waals surface area contributed by atoms with E-state index >= 15 is 0 Å². The van der Waals surface area contributed by atoms with E-state index in [2.05, 4.69) is 20.7 Å². The molecule has 1 aromatic carbocycles. The molecule has 0 amide bonds. The Labute approximate surface area is 122 Å². The zero-order chi connectivity index (χ0) is 13.9. The molecule has 0 aromatic heterocycles. The van der Waals surface area contributed by atoms with Crippen LogP contribution in [0.1, 0.15) is 19.4 Å². The molecule has 0 saturated heterocycles. The summed E-state index contributed by atoms with van der Waals surface area (Å²) in [5, 5.41) is 0.524. The zero-order valence-corrected chi connectivity index (χ0v) is 13.7. The smallest absolute Gasteiger partial charge is 0.270 e. The fraction of sp³-hybridized carbons (Fsp3) is 0.455. The van der Waals surface area contributed by atoms with E-state index in [9.17, 15) is 8.42 Å². The number of rotatable bonds is 5. The van der Waals surface area contributed by atoms with Crippen molar-refractivity contribution < 1.29 is 8.42 Å². The second-order valence-electron chi connectivity index (χ2n) is 3.77. The van der Waals surface area contributed by atoms with E-state index in [-0.39, 0.29) is 0 Å². The number of nitrogens with zero attached hydrogens (tertiary/aromatic N) is 1. The lowest BCUT2D eigenvalue weighted by molar-refractivity contribution is 0.449. The van der Waals surface area contributed by atoms with Gasteiger partial charge in [-0.25, -0.2) is 0 Å². The summed E-state index contributed by atoms with van der Waals surface area (Å²) in [5.41, 5.74) is 1.33. The van der Waals surface area contributed by atoms with E-state index in [4.69, 9.17) is 11.6 Å². The lowest BCUT2D eigenvalue weighted by atomic mass is 10.2. The molecule has 0 aliphatic rings. The average molecular weight is 356 g/mol. The van der Waals surface area contributed by atoms with Gasteiger partial charge in [0, 0.05) is 22.6 Å². The molecule has 0 radical (unpaired) electrons. The van der Waals surface area contributed by atoms with Crippen LogP contribution in [-0.4, -0.2) is 25.8 Å². The molecule has 0 aliphatic carbocycles. The monoisotopic (exact) mass is 354 g/mol. The van der Waals surface area contributed by atoms with Gasteiger partial charge >= 0.3 is 10.2 Å². The van der Waals surface area contributed by atoms with Gasteiger partial charge < -0.3 is 0 Å². The quantitative estimate of drug-likeness (QED) is 0.880. The molecule has 0 aliphatic heterocycles. The van der Waals surface area contributed by atoms with Crippen molar-refractivity contribution in [3.05, 3.63) is 27.2 Å². The first kappa shape index (κ1) is 15.8. The first-order chi connectivity index (χ1) is 8.31. The Morgan fingerprint density at radius 3 is 2.39 bits per heavy atom. The maximum absolute atomic E-state index is 12.1. The fourth-order valence-electron chi connectivity index (χ4n) is 1.49. The molecule has 1 rings (SSSR count). The summed E-state index contributed by atoms with van der Waals surface area (Å²) in [6, 6.07) is 3.38. The molecule has 18 heavy (non-hydrogen) atoms. The van der Waals surface area contributed by atoms with Gasteiger partial charge in [0.05, 0.1) is 5.69 Å². The van der Waals surface area contributed by atoms with Crippen molar-refractivity contribution in [2.45, 2.75) is 20.8 Å². The summed E-state index contributed by atoms with van der Waals surface area (Å²) in [5.74, 6) is 0. The van der Waals surface area contributed by atoms with Crippen molar-refractivity contribution in [3.8, 4) is 0 Å². The molecule has 0 bridgehead atoms. The molecule has 0 heterocycles. The van der Waals surface area contributed by atoms with Crippen LogP contribution >= 0.6 is 27.5 Å². The Morgan fingerprint density at radius 1 is 1.33 bits per heavy atom. The summed E-state index contributed by atoms with van der Waals surface area (Å²) in [4.78, 5) is 0. The van der Waals surface area contributed by atoms with Gasteiger partial charge in [-0.1, -0.05) is 25.4 Å². The summed E-state index contributed by atoms with van der Waals surface area (Å²) in [6.07, 6.45) is 0. The molecule has 7 heteroatoms. The Hall–Kier alpha value is -0.300. The van der Waals surface area contributed by atoms with Crippen molar-refractivity contribution in [1.29, 1.82) is 0 Å². The average Bonchev–Trinajstić information content (AvgIpc) is 2.26.